The molecule has 1 N–H and O–H groups in total. The topological polar surface area (TPSA) is 104 Å². The summed E-state index contributed by atoms with van der Waals surface area (Å²) in [5, 5.41) is 13.3. The molecular formula is C15H15N3O5. The number of nitrogens with one attached hydrogen (secondary N) is 1. The number of carbonyl (C=O) groups excluding carboxylic acids is 1. The minimum absolute atomic E-state index is 0.143. The molecule has 2 aromatic rings. The van der Waals surface area contributed by atoms with E-state index in [-0.39, 0.29) is 17.1 Å². The third-order valence-corrected chi connectivity index (χ3v) is 3.16. The molecule has 8 heteroatoms. The molecule has 0 aliphatic heterocycles. The van der Waals surface area contributed by atoms with Gasteiger partial charge in [0.2, 0.25) is 0 Å². The highest BCUT2D eigenvalue weighted by molar-refractivity contribution is 6.08. The van der Waals surface area contributed by atoms with Crippen LogP contribution >= 0.6 is 0 Å². The van der Waals surface area contributed by atoms with Gasteiger partial charge < -0.3 is 14.8 Å². The summed E-state index contributed by atoms with van der Waals surface area (Å²) in [6.07, 6.45) is 1.09. The number of ether oxygens (including phenoxy) is 2. The third-order valence-electron chi connectivity index (χ3n) is 3.16. The van der Waals surface area contributed by atoms with Gasteiger partial charge in [0.15, 0.2) is 0 Å². The van der Waals surface area contributed by atoms with E-state index in [1.165, 1.54) is 20.3 Å². The van der Waals surface area contributed by atoms with Gasteiger partial charge in [-0.25, -0.2) is 4.98 Å². The van der Waals surface area contributed by atoms with Crippen LogP contribution in [0.25, 0.3) is 0 Å². The van der Waals surface area contributed by atoms with Crippen LogP contribution in [-0.4, -0.2) is 30.0 Å². The third kappa shape index (κ3) is 3.37. The lowest BCUT2D eigenvalue weighted by molar-refractivity contribution is -0.385. The molecule has 0 aliphatic carbocycles. The van der Waals surface area contributed by atoms with Crippen molar-refractivity contribution < 1.29 is 19.2 Å². The first-order valence-corrected chi connectivity index (χ1v) is 6.61. The van der Waals surface area contributed by atoms with Crippen LogP contribution in [-0.2, 0) is 0 Å². The number of carbonyl (C=O) groups is 1. The highest BCUT2D eigenvalue weighted by Gasteiger charge is 2.20. The van der Waals surface area contributed by atoms with E-state index in [0.29, 0.717) is 17.1 Å². The van der Waals surface area contributed by atoms with Crippen LogP contribution in [0.5, 0.6) is 11.5 Å². The van der Waals surface area contributed by atoms with E-state index in [1.807, 2.05) is 0 Å². The summed E-state index contributed by atoms with van der Waals surface area (Å²) in [7, 11) is 2.89. The normalized spacial score (nSPS) is 10.0. The number of anilines is 1. The van der Waals surface area contributed by atoms with Crippen LogP contribution in [0.15, 0.2) is 30.5 Å². The van der Waals surface area contributed by atoms with Gasteiger partial charge in [0, 0.05) is 6.07 Å². The summed E-state index contributed by atoms with van der Waals surface area (Å²) in [5.41, 5.74) is 0.550. The number of methoxy groups -OCH3 is 2. The maximum absolute atomic E-state index is 12.5. The molecule has 1 amide bonds. The fourth-order valence-corrected chi connectivity index (χ4v) is 2.04. The Morgan fingerprint density at radius 2 is 1.87 bits per heavy atom. The highest BCUT2D eigenvalue weighted by atomic mass is 16.6. The second-order valence-corrected chi connectivity index (χ2v) is 4.61. The first kappa shape index (κ1) is 16.2. The van der Waals surface area contributed by atoms with Gasteiger partial charge in [-0.05, 0) is 24.6 Å². The summed E-state index contributed by atoms with van der Waals surface area (Å²) in [6.45, 7) is 1.62. The Balaban J connectivity index is 2.35. The number of rotatable bonds is 5. The van der Waals surface area contributed by atoms with Crippen LogP contribution in [0.3, 0.4) is 0 Å². The molecule has 0 unspecified atom stereocenters. The van der Waals surface area contributed by atoms with Crippen molar-refractivity contribution in [2.24, 2.45) is 0 Å². The van der Waals surface area contributed by atoms with Gasteiger partial charge in [0.1, 0.15) is 29.1 Å². The fourth-order valence-electron chi connectivity index (χ4n) is 2.04. The summed E-state index contributed by atoms with van der Waals surface area (Å²) >= 11 is 0. The van der Waals surface area contributed by atoms with Crippen molar-refractivity contribution in [2.45, 2.75) is 6.92 Å². The molecule has 0 radical (unpaired) electrons. The Morgan fingerprint density at radius 1 is 1.26 bits per heavy atom. The van der Waals surface area contributed by atoms with E-state index in [2.05, 4.69) is 10.3 Å². The summed E-state index contributed by atoms with van der Waals surface area (Å²) in [6, 6.07) is 6.30. The van der Waals surface area contributed by atoms with E-state index in [9.17, 15) is 14.9 Å². The number of nitro groups is 1. The average Bonchev–Trinajstić information content (AvgIpc) is 2.55. The van der Waals surface area contributed by atoms with Gasteiger partial charge in [-0.15, -0.1) is 0 Å². The Bertz CT molecular complexity index is 739. The number of aryl methyl sites for hydroxylation is 1. The zero-order chi connectivity index (χ0) is 17.0. The van der Waals surface area contributed by atoms with Crippen molar-refractivity contribution in [1.29, 1.82) is 0 Å². The molecule has 2 rings (SSSR count). The van der Waals surface area contributed by atoms with E-state index in [1.54, 1.807) is 25.1 Å². The van der Waals surface area contributed by atoms with Crippen LogP contribution in [0, 0.1) is 17.0 Å². The minimum atomic E-state index is -0.547. The number of hydrogen-bond acceptors (Lipinski definition) is 6. The molecule has 23 heavy (non-hydrogen) atoms. The lowest BCUT2D eigenvalue weighted by Crippen LogP contribution is -2.16. The standard InChI is InChI=1S/C15H15N3O5/c1-9-7-10(18(20)21)8-16-14(9)17-15(19)13-11(22-2)5-4-6-12(13)23-3/h4-8H,1-3H3,(H,16,17,19). The summed E-state index contributed by atoms with van der Waals surface area (Å²) < 4.78 is 10.4. The molecule has 0 aliphatic rings. The zero-order valence-electron chi connectivity index (χ0n) is 12.8. The van der Waals surface area contributed by atoms with Gasteiger partial charge in [-0.1, -0.05) is 6.07 Å². The molecule has 1 heterocycles. The van der Waals surface area contributed by atoms with Gasteiger partial charge in [0.05, 0.1) is 19.1 Å². The minimum Gasteiger partial charge on any atom is -0.496 e. The molecule has 1 aromatic heterocycles. The number of nitrogens with zero attached hydrogens (tertiary/aromatic N) is 2. The number of amides is 1. The summed E-state index contributed by atoms with van der Waals surface area (Å²) in [5.74, 6) is 0.445. The van der Waals surface area contributed by atoms with Crippen LogP contribution < -0.4 is 14.8 Å². The molecule has 8 nitrogen and oxygen atoms in total. The van der Waals surface area contributed by atoms with E-state index in [4.69, 9.17) is 9.47 Å². The number of benzene rings is 1. The van der Waals surface area contributed by atoms with Gasteiger partial charge >= 0.3 is 0 Å². The molecule has 0 saturated carbocycles. The maximum Gasteiger partial charge on any atom is 0.287 e. The van der Waals surface area contributed by atoms with E-state index >= 15 is 0 Å². The van der Waals surface area contributed by atoms with Gasteiger partial charge in [0.25, 0.3) is 11.6 Å². The molecular weight excluding hydrogens is 302 g/mol. The summed E-state index contributed by atoms with van der Waals surface area (Å²) in [4.78, 5) is 26.6. The number of pyridine rings is 1. The number of hydrogen-bond donors (Lipinski definition) is 1. The monoisotopic (exact) mass is 317 g/mol. The maximum atomic E-state index is 12.5. The average molecular weight is 317 g/mol. The van der Waals surface area contributed by atoms with Crippen molar-refractivity contribution >= 4 is 17.4 Å². The predicted molar refractivity (Wildman–Crippen MR) is 83.1 cm³/mol. The second-order valence-electron chi connectivity index (χ2n) is 4.61. The highest BCUT2D eigenvalue weighted by Crippen LogP contribution is 2.29. The SMILES string of the molecule is COc1cccc(OC)c1C(=O)Nc1ncc([N+](=O)[O-])cc1C. The Morgan fingerprint density at radius 3 is 2.35 bits per heavy atom. The fraction of sp³-hybridized carbons (Fsp3) is 0.200. The molecule has 120 valence electrons. The first-order chi connectivity index (χ1) is 11.0. The second kappa shape index (κ2) is 6.73. The van der Waals surface area contributed by atoms with Crippen molar-refractivity contribution in [3.63, 3.8) is 0 Å². The first-order valence-electron chi connectivity index (χ1n) is 6.61. The molecule has 0 fully saturated rings. The largest absolute Gasteiger partial charge is 0.496 e. The Kier molecular flexibility index (Phi) is 4.75. The van der Waals surface area contributed by atoms with Gasteiger partial charge in [-0.3, -0.25) is 14.9 Å². The predicted octanol–water partition coefficient (Wildman–Crippen LogP) is 2.57. The zero-order valence-corrected chi connectivity index (χ0v) is 12.8. The lowest BCUT2D eigenvalue weighted by atomic mass is 10.1. The van der Waals surface area contributed by atoms with Gasteiger partial charge in [-0.2, -0.15) is 0 Å². The smallest absolute Gasteiger partial charge is 0.287 e. The van der Waals surface area contributed by atoms with Crippen molar-refractivity contribution in [2.75, 3.05) is 19.5 Å². The van der Waals surface area contributed by atoms with Crippen molar-refractivity contribution in [3.8, 4) is 11.5 Å². The number of aromatic nitrogens is 1. The van der Waals surface area contributed by atoms with Crippen LogP contribution in [0.2, 0.25) is 0 Å². The Labute approximate surface area is 132 Å². The Hall–Kier alpha value is -3.16. The lowest BCUT2D eigenvalue weighted by Gasteiger charge is -2.13. The van der Waals surface area contributed by atoms with Crippen LogP contribution in [0.1, 0.15) is 15.9 Å². The van der Waals surface area contributed by atoms with Crippen LogP contribution in [0.4, 0.5) is 11.5 Å². The molecule has 0 bridgehead atoms. The molecule has 0 saturated heterocycles. The molecule has 0 atom stereocenters. The van der Waals surface area contributed by atoms with E-state index < -0.39 is 10.8 Å². The van der Waals surface area contributed by atoms with E-state index in [0.717, 1.165) is 6.20 Å². The molecule has 0 spiro atoms. The van der Waals surface area contributed by atoms with Crippen molar-refractivity contribution in [3.05, 3.63) is 51.7 Å². The molecule has 1 aromatic carbocycles. The quantitative estimate of drug-likeness (QED) is 0.671. The van der Waals surface area contributed by atoms with Crippen molar-refractivity contribution in [1.82, 2.24) is 4.98 Å².